The van der Waals surface area contributed by atoms with Gasteiger partial charge in [0.1, 0.15) is 5.60 Å². The summed E-state index contributed by atoms with van der Waals surface area (Å²) in [6, 6.07) is 7.73. The molecule has 0 radical (unpaired) electrons. The summed E-state index contributed by atoms with van der Waals surface area (Å²) in [6.07, 6.45) is 1.56. The van der Waals surface area contributed by atoms with Crippen LogP contribution in [0.15, 0.2) is 24.3 Å². The molecule has 0 spiro atoms. The number of alkyl carbamates (subject to hydrolysis) is 1. The molecule has 0 saturated carbocycles. The number of benzene rings is 1. The van der Waals surface area contributed by atoms with E-state index in [0.29, 0.717) is 17.6 Å². The maximum atomic E-state index is 11.8. The number of nitrogens with zero attached hydrogens (tertiary/aromatic N) is 3. The molecule has 0 bridgehead atoms. The number of carbonyl (C=O) groups excluding carboxylic acids is 1. The van der Waals surface area contributed by atoms with Crippen molar-refractivity contribution in [1.29, 1.82) is 0 Å². The summed E-state index contributed by atoms with van der Waals surface area (Å²) >= 11 is 6.35. The third-order valence-electron chi connectivity index (χ3n) is 4.36. The van der Waals surface area contributed by atoms with Crippen molar-refractivity contribution >= 4 is 34.5 Å². The number of piperidine rings is 1. The monoisotopic (exact) mass is 376 g/mol. The second-order valence-electron chi connectivity index (χ2n) is 7.64. The second kappa shape index (κ2) is 7.66. The summed E-state index contributed by atoms with van der Waals surface area (Å²) < 4.78 is 5.28. The zero-order valence-electron chi connectivity index (χ0n) is 15.5. The lowest BCUT2D eigenvalue weighted by Gasteiger charge is -2.33. The lowest BCUT2D eigenvalue weighted by molar-refractivity contribution is 0.0517. The highest BCUT2D eigenvalue weighted by molar-refractivity contribution is 6.32. The van der Waals surface area contributed by atoms with Crippen LogP contribution in [0.2, 0.25) is 5.15 Å². The number of rotatable bonds is 3. The number of fused-ring (bicyclic) bond motifs is 1. The largest absolute Gasteiger partial charge is 0.444 e. The molecule has 2 aromatic rings. The molecule has 1 aliphatic heterocycles. The Morgan fingerprint density at radius 1 is 1.23 bits per heavy atom. The number of nitrogens with one attached hydrogen (secondary N) is 1. The molecule has 3 rings (SSSR count). The fourth-order valence-corrected chi connectivity index (χ4v) is 3.31. The highest BCUT2D eigenvalue weighted by Gasteiger charge is 2.24. The highest BCUT2D eigenvalue weighted by atomic mass is 35.5. The van der Waals surface area contributed by atoms with Gasteiger partial charge >= 0.3 is 6.09 Å². The molecule has 0 atom stereocenters. The Morgan fingerprint density at radius 2 is 1.85 bits per heavy atom. The quantitative estimate of drug-likeness (QED) is 0.876. The van der Waals surface area contributed by atoms with Crippen LogP contribution in [-0.2, 0) is 4.74 Å². The van der Waals surface area contributed by atoms with Crippen LogP contribution in [0.3, 0.4) is 0 Å². The molecule has 1 amide bonds. The minimum Gasteiger partial charge on any atom is -0.444 e. The molecule has 26 heavy (non-hydrogen) atoms. The summed E-state index contributed by atoms with van der Waals surface area (Å²) in [6.45, 7) is 7.89. The van der Waals surface area contributed by atoms with Crippen molar-refractivity contribution in [3.8, 4) is 0 Å². The number of amides is 1. The van der Waals surface area contributed by atoms with Gasteiger partial charge in [0.2, 0.25) is 0 Å². The van der Waals surface area contributed by atoms with E-state index in [1.807, 2.05) is 45.0 Å². The van der Waals surface area contributed by atoms with Crippen LogP contribution in [0, 0.1) is 5.92 Å². The molecule has 0 unspecified atom stereocenters. The Kier molecular flexibility index (Phi) is 5.51. The molecular formula is C19H25ClN4O2. The third-order valence-corrected chi connectivity index (χ3v) is 4.61. The van der Waals surface area contributed by atoms with Crippen molar-refractivity contribution in [1.82, 2.24) is 15.3 Å². The van der Waals surface area contributed by atoms with Crippen LogP contribution >= 0.6 is 11.6 Å². The van der Waals surface area contributed by atoms with Crippen molar-refractivity contribution in [3.63, 3.8) is 0 Å². The Balaban J connectivity index is 1.55. The van der Waals surface area contributed by atoms with E-state index in [-0.39, 0.29) is 6.09 Å². The summed E-state index contributed by atoms with van der Waals surface area (Å²) in [7, 11) is 0. The van der Waals surface area contributed by atoms with Crippen LogP contribution in [0.1, 0.15) is 33.6 Å². The van der Waals surface area contributed by atoms with E-state index < -0.39 is 5.60 Å². The minimum atomic E-state index is -0.473. The van der Waals surface area contributed by atoms with Gasteiger partial charge in [-0.1, -0.05) is 23.7 Å². The van der Waals surface area contributed by atoms with E-state index in [9.17, 15) is 4.79 Å². The van der Waals surface area contributed by atoms with Crippen LogP contribution < -0.4 is 10.2 Å². The Hall–Kier alpha value is -2.08. The minimum absolute atomic E-state index is 0.358. The van der Waals surface area contributed by atoms with E-state index in [1.54, 1.807) is 0 Å². The molecule has 2 heterocycles. The topological polar surface area (TPSA) is 67.3 Å². The van der Waals surface area contributed by atoms with E-state index in [4.69, 9.17) is 16.3 Å². The van der Waals surface area contributed by atoms with Crippen LogP contribution in [0.4, 0.5) is 10.6 Å². The van der Waals surface area contributed by atoms with Crippen LogP contribution in [-0.4, -0.2) is 41.3 Å². The number of aromatic nitrogens is 2. The highest BCUT2D eigenvalue weighted by Crippen LogP contribution is 2.28. The predicted molar refractivity (Wildman–Crippen MR) is 104 cm³/mol. The number of hydrogen-bond acceptors (Lipinski definition) is 5. The molecular weight excluding hydrogens is 352 g/mol. The Morgan fingerprint density at radius 3 is 2.46 bits per heavy atom. The molecule has 1 saturated heterocycles. The van der Waals surface area contributed by atoms with E-state index >= 15 is 0 Å². The van der Waals surface area contributed by atoms with Crippen molar-refractivity contribution in [2.24, 2.45) is 5.92 Å². The van der Waals surface area contributed by atoms with Gasteiger partial charge in [-0.3, -0.25) is 0 Å². The number of para-hydroxylation sites is 2. The van der Waals surface area contributed by atoms with Gasteiger partial charge in [0.15, 0.2) is 11.0 Å². The van der Waals surface area contributed by atoms with Crippen LogP contribution in [0.5, 0.6) is 0 Å². The van der Waals surface area contributed by atoms with Gasteiger partial charge in [0, 0.05) is 19.6 Å². The lowest BCUT2D eigenvalue weighted by atomic mass is 9.97. The predicted octanol–water partition coefficient (Wildman–Crippen LogP) is 4.02. The summed E-state index contributed by atoms with van der Waals surface area (Å²) in [4.78, 5) is 23.1. The van der Waals surface area contributed by atoms with Gasteiger partial charge in [-0.25, -0.2) is 14.8 Å². The van der Waals surface area contributed by atoms with Crippen molar-refractivity contribution in [2.75, 3.05) is 24.5 Å². The smallest absolute Gasteiger partial charge is 0.407 e. The maximum Gasteiger partial charge on any atom is 0.407 e. The van der Waals surface area contributed by atoms with Gasteiger partial charge < -0.3 is 15.0 Å². The van der Waals surface area contributed by atoms with Crippen molar-refractivity contribution in [2.45, 2.75) is 39.2 Å². The molecule has 1 aliphatic rings. The number of hydrogen-bond donors (Lipinski definition) is 1. The first-order valence-corrected chi connectivity index (χ1v) is 9.34. The van der Waals surface area contributed by atoms with E-state index in [2.05, 4.69) is 20.2 Å². The van der Waals surface area contributed by atoms with Crippen LogP contribution in [0.25, 0.3) is 11.0 Å². The molecule has 7 heteroatoms. The Bertz CT molecular complexity index is 783. The molecule has 1 N–H and O–H groups in total. The zero-order valence-corrected chi connectivity index (χ0v) is 16.2. The average molecular weight is 377 g/mol. The van der Waals surface area contributed by atoms with Gasteiger partial charge in [-0.05, 0) is 51.7 Å². The number of anilines is 1. The molecule has 6 nitrogen and oxygen atoms in total. The van der Waals surface area contributed by atoms with Gasteiger partial charge in [-0.15, -0.1) is 0 Å². The fourth-order valence-electron chi connectivity index (χ4n) is 3.06. The maximum absolute atomic E-state index is 11.8. The van der Waals surface area contributed by atoms with Gasteiger partial charge in [-0.2, -0.15) is 0 Å². The second-order valence-corrected chi connectivity index (χ2v) is 8.00. The lowest BCUT2D eigenvalue weighted by Crippen LogP contribution is -2.40. The SMILES string of the molecule is CC(C)(C)OC(=O)NCC1CCN(c2nc3ccccc3nc2Cl)CC1. The molecule has 0 aliphatic carbocycles. The number of carbonyl (C=O) groups is 1. The fraction of sp³-hybridized carbons (Fsp3) is 0.526. The molecule has 1 aromatic heterocycles. The molecule has 1 aromatic carbocycles. The molecule has 1 fully saturated rings. The van der Waals surface area contributed by atoms with Gasteiger partial charge in [0.05, 0.1) is 11.0 Å². The number of halogens is 1. The summed E-state index contributed by atoms with van der Waals surface area (Å²) in [5.41, 5.74) is 1.18. The molecule has 140 valence electrons. The summed E-state index contributed by atoms with van der Waals surface area (Å²) in [5, 5.41) is 3.30. The standard InChI is InChI=1S/C19H25ClN4O2/c1-19(2,3)26-18(25)21-12-13-8-10-24(11-9-13)17-16(20)22-14-6-4-5-7-15(14)23-17/h4-7,13H,8-12H2,1-3H3,(H,21,25). The average Bonchev–Trinajstić information content (AvgIpc) is 2.58. The first kappa shape index (κ1) is 18.7. The van der Waals surface area contributed by atoms with Crippen molar-refractivity contribution in [3.05, 3.63) is 29.4 Å². The summed E-state index contributed by atoms with van der Waals surface area (Å²) in [5.74, 6) is 1.16. The first-order valence-electron chi connectivity index (χ1n) is 8.96. The first-order chi connectivity index (χ1) is 12.3. The Labute approximate surface area is 158 Å². The third kappa shape index (κ3) is 4.75. The number of ether oxygens (including phenoxy) is 1. The zero-order chi connectivity index (χ0) is 18.7. The van der Waals surface area contributed by atoms with Gasteiger partial charge in [0.25, 0.3) is 0 Å². The van der Waals surface area contributed by atoms with Crippen molar-refractivity contribution < 1.29 is 9.53 Å². The van der Waals surface area contributed by atoms with E-state index in [1.165, 1.54) is 0 Å². The van der Waals surface area contributed by atoms with E-state index in [0.717, 1.165) is 42.8 Å². The normalized spacial score (nSPS) is 15.9.